The Balaban J connectivity index is 0.787. The molecular weight excluding hydrogens is 1040 g/mol. The molecule has 4 heterocycles. The van der Waals surface area contributed by atoms with E-state index in [0.29, 0.717) is 63.9 Å². The number of aliphatic carboxylic acids is 1. The lowest BCUT2D eigenvalue weighted by molar-refractivity contribution is -0.140. The zero-order valence-electron chi connectivity index (χ0n) is 46.1. The SMILES string of the molecule is CC(C)c1c(C(=O)Nc2ccccc2)c(-c2cccc(OCCCCCCCc3cn(CCCCCCCNc4cccc5c4C(=O)N(C4CCC(=O)NC4=O)C5=O)nn3)c2)c(-c2ccc(F)cc2)n1CC[C@@H](O)C[C@@H](O)CC(=O)O. The minimum atomic E-state index is -1.23. The van der Waals surface area contributed by atoms with Gasteiger partial charge in [-0.2, -0.15) is 0 Å². The van der Waals surface area contributed by atoms with Gasteiger partial charge in [-0.1, -0.05) is 94.0 Å². The highest BCUT2D eigenvalue weighted by Gasteiger charge is 2.45. The molecule has 2 aliphatic heterocycles. The third kappa shape index (κ3) is 15.5. The number of aromatic nitrogens is 4. The number of aliphatic hydroxyl groups is 2. The average molecular weight is 1110 g/mol. The molecule has 1 saturated heterocycles. The summed E-state index contributed by atoms with van der Waals surface area (Å²) in [5.41, 5.74) is 6.39. The van der Waals surface area contributed by atoms with Crippen LogP contribution in [0.25, 0.3) is 22.4 Å². The van der Waals surface area contributed by atoms with Crippen molar-refractivity contribution in [2.24, 2.45) is 0 Å². The van der Waals surface area contributed by atoms with Gasteiger partial charge in [-0.15, -0.1) is 5.10 Å². The molecule has 18 nitrogen and oxygen atoms in total. The molecule has 1 fully saturated rings. The average Bonchev–Trinajstić information content (AvgIpc) is 3.91. The van der Waals surface area contributed by atoms with Crippen LogP contribution in [0.3, 0.4) is 0 Å². The number of nitrogens with zero attached hydrogens (tertiary/aromatic N) is 5. The Morgan fingerprint density at radius 3 is 2.27 bits per heavy atom. The number of para-hydroxylation sites is 1. The van der Waals surface area contributed by atoms with Crippen molar-refractivity contribution in [1.82, 2.24) is 29.8 Å². The second kappa shape index (κ2) is 28.4. The number of ether oxygens (including phenoxy) is 1. The number of piperidine rings is 1. The van der Waals surface area contributed by atoms with E-state index in [0.717, 1.165) is 87.8 Å². The molecule has 5 amide bonds. The first kappa shape index (κ1) is 59.1. The van der Waals surface area contributed by atoms with Crippen LogP contribution in [-0.2, 0) is 33.9 Å². The number of halogens is 1. The lowest BCUT2D eigenvalue weighted by Crippen LogP contribution is -2.54. The molecule has 19 heteroatoms. The first-order chi connectivity index (χ1) is 39.2. The van der Waals surface area contributed by atoms with Gasteiger partial charge in [0, 0.05) is 54.9 Å². The Morgan fingerprint density at radius 1 is 0.790 bits per heavy atom. The monoisotopic (exact) mass is 1110 g/mol. The van der Waals surface area contributed by atoms with Crippen LogP contribution < -0.4 is 20.7 Å². The van der Waals surface area contributed by atoms with Gasteiger partial charge in [-0.05, 0) is 129 Å². The van der Waals surface area contributed by atoms with Gasteiger partial charge in [-0.25, -0.2) is 4.39 Å². The summed E-state index contributed by atoms with van der Waals surface area (Å²) in [6, 6.07) is 26.9. The van der Waals surface area contributed by atoms with Crippen LogP contribution in [0.4, 0.5) is 15.8 Å². The number of carboxylic acids is 1. The zero-order chi connectivity index (χ0) is 57.4. The highest BCUT2D eigenvalue weighted by atomic mass is 19.1. The fourth-order valence-electron chi connectivity index (χ4n) is 10.8. The number of unbranched alkanes of at least 4 members (excludes halogenated alkanes) is 8. The number of carbonyl (C=O) groups is 6. The normalized spacial score (nSPS) is 15.0. The number of nitrogens with one attached hydrogen (secondary N) is 3. The Bertz CT molecular complexity index is 3160. The lowest BCUT2D eigenvalue weighted by Gasteiger charge is -2.27. The highest BCUT2D eigenvalue weighted by molar-refractivity contribution is 6.25. The summed E-state index contributed by atoms with van der Waals surface area (Å²) >= 11 is 0. The molecular formula is C62H73FN8O10. The van der Waals surface area contributed by atoms with E-state index in [1.54, 1.807) is 42.5 Å². The first-order valence-electron chi connectivity index (χ1n) is 28.3. The van der Waals surface area contributed by atoms with Crippen molar-refractivity contribution in [3.63, 3.8) is 0 Å². The van der Waals surface area contributed by atoms with Crippen molar-refractivity contribution in [3.8, 4) is 28.1 Å². The van der Waals surface area contributed by atoms with Gasteiger partial charge in [0.15, 0.2) is 0 Å². The van der Waals surface area contributed by atoms with Crippen LogP contribution >= 0.6 is 0 Å². The van der Waals surface area contributed by atoms with E-state index in [-0.39, 0.29) is 55.2 Å². The summed E-state index contributed by atoms with van der Waals surface area (Å²) in [6.45, 7) is 6.07. The Kier molecular flexibility index (Phi) is 20.7. The number of benzene rings is 4. The number of carbonyl (C=O) groups excluding carboxylic acids is 5. The van der Waals surface area contributed by atoms with Crippen LogP contribution in [-0.4, -0.2) is 107 Å². The van der Waals surface area contributed by atoms with Gasteiger partial charge < -0.3 is 35.3 Å². The molecule has 6 N–H and O–H groups in total. The van der Waals surface area contributed by atoms with Crippen LogP contribution in [0.5, 0.6) is 5.75 Å². The second-order valence-corrected chi connectivity index (χ2v) is 21.3. The summed E-state index contributed by atoms with van der Waals surface area (Å²) in [5.74, 6) is -3.59. The van der Waals surface area contributed by atoms with Crippen molar-refractivity contribution in [2.75, 3.05) is 23.8 Å². The fourth-order valence-corrected chi connectivity index (χ4v) is 10.8. The maximum atomic E-state index is 14.7. The third-order valence-corrected chi connectivity index (χ3v) is 14.8. The van der Waals surface area contributed by atoms with Gasteiger partial charge >= 0.3 is 5.97 Å². The summed E-state index contributed by atoms with van der Waals surface area (Å²) in [4.78, 5) is 77.5. The third-order valence-electron chi connectivity index (χ3n) is 14.8. The van der Waals surface area contributed by atoms with Crippen LogP contribution in [0.2, 0.25) is 0 Å². The summed E-state index contributed by atoms with van der Waals surface area (Å²) in [6.07, 6.45) is 10.0. The topological polar surface area (TPSA) is 247 Å². The highest BCUT2D eigenvalue weighted by Crippen LogP contribution is 2.44. The summed E-state index contributed by atoms with van der Waals surface area (Å²) in [5, 5.41) is 48.0. The van der Waals surface area contributed by atoms with E-state index >= 15 is 0 Å². The summed E-state index contributed by atoms with van der Waals surface area (Å²) in [7, 11) is 0. The van der Waals surface area contributed by atoms with Crippen molar-refractivity contribution in [1.29, 1.82) is 0 Å². The number of aliphatic hydroxyl groups excluding tert-OH is 2. The number of carboxylic acid groups (broad SMARTS) is 1. The Labute approximate surface area is 471 Å². The number of fused-ring (bicyclic) bond motifs is 1. The minimum Gasteiger partial charge on any atom is -0.494 e. The van der Waals surface area contributed by atoms with E-state index in [2.05, 4.69) is 26.3 Å². The van der Waals surface area contributed by atoms with Gasteiger partial charge in [0.2, 0.25) is 11.8 Å². The number of hydrogen-bond acceptors (Lipinski definition) is 12. The van der Waals surface area contributed by atoms with E-state index in [1.165, 1.54) is 12.1 Å². The van der Waals surface area contributed by atoms with Gasteiger partial charge in [-0.3, -0.25) is 43.7 Å². The number of aryl methyl sites for hydroxylation is 2. The largest absolute Gasteiger partial charge is 0.494 e. The van der Waals surface area contributed by atoms with Crippen molar-refractivity contribution in [2.45, 2.75) is 154 Å². The molecule has 0 radical (unpaired) electrons. The molecule has 2 aliphatic rings. The Hall–Kier alpha value is -8.03. The van der Waals surface area contributed by atoms with Crippen LogP contribution in [0.1, 0.15) is 159 Å². The smallest absolute Gasteiger partial charge is 0.305 e. The molecule has 6 aromatic rings. The van der Waals surface area contributed by atoms with E-state index in [1.807, 2.05) is 71.8 Å². The molecule has 2 aromatic heterocycles. The number of hydrogen-bond donors (Lipinski definition) is 6. The van der Waals surface area contributed by atoms with Gasteiger partial charge in [0.25, 0.3) is 17.7 Å². The lowest BCUT2D eigenvalue weighted by atomic mass is 9.94. The quantitative estimate of drug-likeness (QED) is 0.0175. The van der Waals surface area contributed by atoms with Gasteiger partial charge in [0.1, 0.15) is 17.6 Å². The zero-order valence-corrected chi connectivity index (χ0v) is 46.1. The molecule has 0 bridgehead atoms. The maximum absolute atomic E-state index is 14.7. The molecule has 81 heavy (non-hydrogen) atoms. The maximum Gasteiger partial charge on any atom is 0.305 e. The van der Waals surface area contributed by atoms with Crippen LogP contribution in [0, 0.1) is 5.82 Å². The number of amides is 5. The molecule has 428 valence electrons. The predicted molar refractivity (Wildman–Crippen MR) is 304 cm³/mol. The molecule has 0 saturated carbocycles. The Morgan fingerprint density at radius 2 is 1.52 bits per heavy atom. The van der Waals surface area contributed by atoms with Crippen molar-refractivity contribution >= 4 is 46.9 Å². The minimum absolute atomic E-state index is 0.0702. The fraction of sp³-hybridized carbons (Fsp3) is 0.419. The molecule has 1 unspecified atom stereocenters. The molecule has 3 atom stereocenters. The van der Waals surface area contributed by atoms with E-state index in [4.69, 9.17) is 4.74 Å². The number of imide groups is 2. The second-order valence-electron chi connectivity index (χ2n) is 21.3. The van der Waals surface area contributed by atoms with Gasteiger partial charge in [0.05, 0.1) is 53.3 Å². The first-order valence-corrected chi connectivity index (χ1v) is 28.3. The van der Waals surface area contributed by atoms with E-state index in [9.17, 15) is 48.5 Å². The molecule has 4 aromatic carbocycles. The van der Waals surface area contributed by atoms with Crippen LogP contribution in [0.15, 0.2) is 103 Å². The summed E-state index contributed by atoms with van der Waals surface area (Å²) < 4.78 is 24.7. The number of rotatable bonds is 31. The molecule has 0 spiro atoms. The standard InChI is InChI=1S/C62H73FN8O10/c1-40(2)57-56(60(78)65-44-19-11-9-12-20-44)54(58(41-25-27-43(63)28-26-41)70(57)34-31-46(72)37-47(73)38-53(75)76)42-18-16-22-48(36-42)81-35-15-8-3-5-10-21-45-39-69(68-67-45)33-14-7-4-6-13-32-64-50-24-17-23-49-55(50)62(80)71(61(49)79)51-29-30-52(74)66-59(51)77/h9,11-12,16-20,22-28,36,39-40,46-47,51,64,72-73H,3-8,10,13-15,21,29-35,37-38H2,1-2H3,(H,65,78)(H,75,76)(H,66,74,77)/t46-,47-,51?/m1/s1. The van der Waals surface area contributed by atoms with Crippen molar-refractivity contribution < 1.29 is 53.2 Å². The molecule has 0 aliphatic carbocycles. The predicted octanol–water partition coefficient (Wildman–Crippen LogP) is 9.94. The molecule has 8 rings (SSSR count). The van der Waals surface area contributed by atoms with E-state index < -0.39 is 60.1 Å². The number of anilines is 2. The van der Waals surface area contributed by atoms with Crippen molar-refractivity contribution in [3.05, 3.63) is 137 Å².